The zero-order valence-electron chi connectivity index (χ0n) is 66.8. The molecule has 8 aliphatic carbocycles. The molecule has 0 aliphatic heterocycles. The summed E-state index contributed by atoms with van der Waals surface area (Å²) in [7, 11) is 0. The second-order valence-corrected chi connectivity index (χ2v) is 37.1. The molecule has 0 aromatic rings. The van der Waals surface area contributed by atoms with Crippen molar-refractivity contribution in [1.82, 2.24) is 21.3 Å². The lowest BCUT2D eigenvalue weighted by Gasteiger charge is -2.63. The maximum atomic E-state index is 13.9. The summed E-state index contributed by atoms with van der Waals surface area (Å²) in [5.41, 5.74) is -1.96. The Morgan fingerprint density at radius 1 is 0.443 bits per heavy atom. The molecule has 0 unspecified atom stereocenters. The predicted octanol–water partition coefficient (Wildman–Crippen LogP) is -7.02. The third-order valence-corrected chi connectivity index (χ3v) is 28.2. The number of nitrogens with one attached hydrogen (secondary N) is 4. The van der Waals surface area contributed by atoms with Gasteiger partial charge >= 0.3 is 24.0 Å². The monoisotopic (exact) mass is 1580 g/mol. The fraction of sp³-hybridized carbons (Fsp3) is 0.925. The zero-order chi connectivity index (χ0) is 74.5. The third-order valence-electron chi connectivity index (χ3n) is 28.2. The van der Waals surface area contributed by atoms with Gasteiger partial charge in [0.2, 0.25) is 11.8 Å². The molecule has 106 heavy (non-hydrogen) atoms. The fourth-order valence-corrected chi connectivity index (χ4v) is 22.6. The summed E-state index contributed by atoms with van der Waals surface area (Å²) in [6, 6.07) is -1.34. The highest BCUT2D eigenvalue weighted by Crippen LogP contribution is 2.70. The van der Waals surface area contributed by atoms with E-state index in [2.05, 4.69) is 73.4 Å². The number of carbonyl (C=O) groups is 6. The molecule has 0 aromatic heterocycles. The number of aliphatic hydroxyl groups is 6. The number of unbranched alkanes of at least 4 members (excludes halogenated alkanes) is 3. The summed E-state index contributed by atoms with van der Waals surface area (Å²) >= 11 is 0. The number of quaternary nitrogens is 4. The topological polar surface area (TPSA) is 357 Å². The predicted molar refractivity (Wildman–Crippen MR) is 390 cm³/mol. The Labute approximate surface area is 660 Å². The number of hydrogen-bond donors (Lipinski definition) is 14. The summed E-state index contributed by atoms with van der Waals surface area (Å²) in [6.07, 6.45) is 16.9. The van der Waals surface area contributed by atoms with Gasteiger partial charge in [-0.3, -0.25) is 20.2 Å². The molecule has 0 radical (unpaired) electrons. The number of halogens is 4. The van der Waals surface area contributed by atoms with Crippen LogP contribution in [-0.2, 0) is 28.7 Å². The number of rotatable bonds is 35. The van der Waals surface area contributed by atoms with Gasteiger partial charge in [0.1, 0.15) is 23.3 Å². The average Bonchev–Trinajstić information content (AvgIpc) is 1.37. The fourth-order valence-electron chi connectivity index (χ4n) is 22.6. The lowest BCUT2D eigenvalue weighted by Crippen LogP contribution is -3.00. The van der Waals surface area contributed by atoms with Gasteiger partial charge in [0.25, 0.3) is 0 Å². The number of primary amides is 2. The maximum absolute atomic E-state index is 13.9. The molecule has 0 heterocycles. The number of hydrogen-bond acceptors (Lipinski definition) is 14. The van der Waals surface area contributed by atoms with Crippen LogP contribution in [0.25, 0.3) is 0 Å². The summed E-state index contributed by atoms with van der Waals surface area (Å²) in [6.45, 7) is 30.2. The first-order chi connectivity index (χ1) is 48.1. The third kappa shape index (κ3) is 24.6. The van der Waals surface area contributed by atoms with Crippen molar-refractivity contribution in [3.8, 4) is 0 Å². The smallest absolute Gasteiger partial charge is 0.407 e. The second kappa shape index (κ2) is 42.6. The SMILES string of the molecule is C[C@H](CCC(=O)N[C@@H](CCCCNC(=O)OC(C)(C)C)C(=O)[NH2+]CCC[NH2+]CCCC[NH2+]CCC[NH2+]C(=O)[C@H](CCCCNC(=O)OC(C)(C)C)NC(=O)CC[C@@H](C)[C@H]1CC[C@H]2[C@@H]3[C@H](O)C[C@H]4C[C@H](O)CC[C@]4(C)[C@H]3C[C@H](O)[C@]12C)[C@H]1CC[C@H]2[C@@H]3[C@H](O)C[C@H]4C[C@H](O)CC[C@]4(C)[C@H]3C[C@H](O)[C@]12C.[Cl-].[Cl-].[Cl-].[Cl-]. The van der Waals surface area contributed by atoms with E-state index in [1.165, 1.54) is 0 Å². The van der Waals surface area contributed by atoms with Crippen LogP contribution in [-0.4, -0.2) is 179 Å². The van der Waals surface area contributed by atoms with Gasteiger partial charge in [0, 0.05) is 51.6 Å². The molecule has 0 bridgehead atoms. The lowest BCUT2D eigenvalue weighted by molar-refractivity contribution is -0.671. The highest BCUT2D eigenvalue weighted by Gasteiger charge is 2.68. The van der Waals surface area contributed by atoms with Gasteiger partial charge in [0.15, 0.2) is 0 Å². The molecule has 0 spiro atoms. The van der Waals surface area contributed by atoms with Crippen LogP contribution in [0, 0.1) is 92.7 Å². The number of amides is 6. The quantitative estimate of drug-likeness (QED) is 0.0263. The van der Waals surface area contributed by atoms with Crippen molar-refractivity contribution >= 4 is 35.8 Å². The van der Waals surface area contributed by atoms with Crippen molar-refractivity contribution in [3.05, 3.63) is 0 Å². The number of carbonyl (C=O) groups excluding carboxylic acids is 6. The first-order valence-corrected chi connectivity index (χ1v) is 41.1. The highest BCUT2D eigenvalue weighted by molar-refractivity contribution is 5.83. The van der Waals surface area contributed by atoms with Crippen molar-refractivity contribution < 1.29 is 140 Å². The molecule has 6 amide bonds. The molecular weight excluding hydrogens is 1440 g/mol. The summed E-state index contributed by atoms with van der Waals surface area (Å²) in [5.74, 6) is 1.80. The van der Waals surface area contributed by atoms with E-state index in [0.717, 1.165) is 116 Å². The molecule has 18 N–H and O–H groups in total. The van der Waals surface area contributed by atoms with Crippen LogP contribution in [0.1, 0.15) is 263 Å². The van der Waals surface area contributed by atoms with E-state index in [1.807, 2.05) is 41.5 Å². The zero-order valence-corrected chi connectivity index (χ0v) is 69.8. The molecule has 26 heteroatoms. The first-order valence-electron chi connectivity index (χ1n) is 41.1. The van der Waals surface area contributed by atoms with Crippen molar-refractivity contribution in [2.75, 3.05) is 52.4 Å². The Bertz CT molecular complexity index is 2560. The minimum Gasteiger partial charge on any atom is -1.00 e. The van der Waals surface area contributed by atoms with E-state index in [4.69, 9.17) is 9.47 Å². The van der Waals surface area contributed by atoms with Crippen LogP contribution >= 0.6 is 0 Å². The van der Waals surface area contributed by atoms with Crippen molar-refractivity contribution in [2.45, 2.75) is 323 Å². The number of ether oxygens (including phenoxy) is 2. The average molecular weight is 1590 g/mol. The number of alkyl carbamates (subject to hydrolysis) is 2. The minimum absolute atomic E-state index is 0. The van der Waals surface area contributed by atoms with Gasteiger partial charge < -0.3 is 122 Å². The largest absolute Gasteiger partial charge is 1.00 e. The molecule has 618 valence electrons. The Morgan fingerprint density at radius 3 is 1.16 bits per heavy atom. The van der Waals surface area contributed by atoms with Gasteiger partial charge in [-0.2, -0.15) is 0 Å². The minimum atomic E-state index is -0.672. The number of nitrogens with two attached hydrogens (primary N) is 4. The molecule has 8 rings (SSSR count). The standard InChI is InChI=1S/C80H142N8O14.4ClH/c1-49(55-25-27-57-69-59(47-65(93)79(55,57)11)77(9)33-31-53(89)43-51(77)45-63(69)91)23-29-67(95)87-61(21-13-15-39-85-73(99)101-75(3,4)5)71(97)83-41-19-37-81-35-17-18-36-82-38-20-42-84-72(98)62(22-14-16-40-86-74(100)102-76(6,7)8)88-68(96)30-24-50(2)56-26-28-58-70-60(48-66(94)80(56,58)12)78(10)34-32-54(90)44-52(78)46-64(70)92;;;;/h49-66,69-70,81-82,89-94H,13-48H2,1-12H3,(H,83,97)(H,84,98)(H,85,99)(H,86,100)(H,87,95)(H,88,96);4*1H/t49-,50-,51-,52-,53-,54-,55-,56-,57+,58+,59+,60+,61+,62+,63-,64-,65+,66+,69+,70+,77+,78+,79-,80-;;;;/m1..../s1. The number of fused-ring (bicyclic) bond motifs is 10. The highest BCUT2D eigenvalue weighted by atomic mass is 35.5. The molecule has 8 fully saturated rings. The van der Waals surface area contributed by atoms with Gasteiger partial charge in [-0.15, -0.1) is 0 Å². The van der Waals surface area contributed by atoms with Crippen molar-refractivity contribution in [2.24, 2.45) is 92.7 Å². The molecule has 0 aromatic carbocycles. The Hall–Kier alpha value is -2.42. The lowest BCUT2D eigenvalue weighted by atomic mass is 9.43. The van der Waals surface area contributed by atoms with E-state index < -0.39 is 59.9 Å². The van der Waals surface area contributed by atoms with Crippen LogP contribution in [0.3, 0.4) is 0 Å². The maximum Gasteiger partial charge on any atom is 0.407 e. The molecule has 8 saturated carbocycles. The van der Waals surface area contributed by atoms with E-state index in [0.29, 0.717) is 103 Å². The normalized spacial score (nSPS) is 34.7. The molecular formula is C80H146Cl4N8O14. The molecule has 8 aliphatic rings. The summed E-state index contributed by atoms with van der Waals surface area (Å²) in [4.78, 5) is 80.0. The van der Waals surface area contributed by atoms with Crippen LogP contribution < -0.4 is 92.2 Å². The van der Waals surface area contributed by atoms with Gasteiger partial charge in [-0.05, 0) is 275 Å². The molecule has 24 atom stereocenters. The summed E-state index contributed by atoms with van der Waals surface area (Å²) in [5, 5.41) is 88.8. The van der Waals surface area contributed by atoms with E-state index in [-0.39, 0.29) is 191 Å². The van der Waals surface area contributed by atoms with E-state index >= 15 is 0 Å². The Morgan fingerprint density at radius 2 is 0.802 bits per heavy atom. The van der Waals surface area contributed by atoms with Crippen molar-refractivity contribution in [1.29, 1.82) is 0 Å². The van der Waals surface area contributed by atoms with E-state index in [9.17, 15) is 59.4 Å². The Kier molecular flexibility index (Phi) is 38.6. The van der Waals surface area contributed by atoms with Crippen LogP contribution in [0.15, 0.2) is 0 Å². The van der Waals surface area contributed by atoms with E-state index in [1.54, 1.807) is 10.6 Å². The van der Waals surface area contributed by atoms with Crippen molar-refractivity contribution in [3.63, 3.8) is 0 Å². The van der Waals surface area contributed by atoms with Crippen LogP contribution in [0.2, 0.25) is 0 Å². The first kappa shape index (κ1) is 96.0. The second-order valence-electron chi connectivity index (χ2n) is 37.1. The summed E-state index contributed by atoms with van der Waals surface area (Å²) < 4.78 is 10.8. The Balaban J connectivity index is 0.00000594. The molecule has 0 saturated heterocycles. The van der Waals surface area contributed by atoms with Gasteiger partial charge in [-0.25, -0.2) is 19.2 Å². The molecule has 22 nitrogen and oxygen atoms in total. The number of aliphatic hydroxyl groups excluding tert-OH is 6. The van der Waals surface area contributed by atoms with Crippen LogP contribution in [0.5, 0.6) is 0 Å². The van der Waals surface area contributed by atoms with Gasteiger partial charge in [0.05, 0.1) is 75.9 Å². The van der Waals surface area contributed by atoms with Crippen LogP contribution in [0.4, 0.5) is 9.59 Å². The van der Waals surface area contributed by atoms with Gasteiger partial charge in [-0.1, -0.05) is 41.5 Å².